The van der Waals surface area contributed by atoms with Gasteiger partial charge in [0.25, 0.3) is 0 Å². The lowest BCUT2D eigenvalue weighted by Gasteiger charge is -2.38. The van der Waals surface area contributed by atoms with Gasteiger partial charge in [-0.25, -0.2) is 25.9 Å². The van der Waals surface area contributed by atoms with Crippen LogP contribution in [0.15, 0.2) is 58.3 Å². The molecule has 8 nitrogen and oxygen atoms in total. The molecule has 1 fully saturated rings. The third-order valence-electron chi connectivity index (χ3n) is 4.57. The molecule has 156 valence electrons. The van der Waals surface area contributed by atoms with E-state index in [2.05, 4.69) is 0 Å². The van der Waals surface area contributed by atoms with Crippen molar-refractivity contribution in [2.75, 3.05) is 26.7 Å². The third kappa shape index (κ3) is 4.41. The van der Waals surface area contributed by atoms with Crippen molar-refractivity contribution in [1.29, 1.82) is 0 Å². The van der Waals surface area contributed by atoms with Crippen molar-refractivity contribution < 1.29 is 30.8 Å². The van der Waals surface area contributed by atoms with Gasteiger partial charge in [0.1, 0.15) is 21.7 Å². The number of hydrogen-bond acceptors (Lipinski definition) is 6. The zero-order valence-electron chi connectivity index (χ0n) is 15.4. The molecule has 1 amide bonds. The summed E-state index contributed by atoms with van der Waals surface area (Å²) in [5, 5.41) is -0.775. The Morgan fingerprint density at radius 3 is 2.31 bits per heavy atom. The van der Waals surface area contributed by atoms with Gasteiger partial charge in [0, 0.05) is 13.1 Å². The number of halogens is 1. The molecule has 0 unspecified atom stereocenters. The predicted molar refractivity (Wildman–Crippen MR) is 102 cm³/mol. The fourth-order valence-electron chi connectivity index (χ4n) is 2.80. The lowest BCUT2D eigenvalue weighted by Crippen LogP contribution is -2.58. The standard InChI is InChI=1S/C18H19FN2O6S2/c1-27-13-6-8-14(9-7-13)28(23,24)15-11-21(12-15)18(22)10-20-29(25,26)17-5-3-2-4-16(17)19/h2-9,15,20H,10-12H2,1H3. The topological polar surface area (TPSA) is 110 Å². The molecule has 0 spiro atoms. The number of ether oxygens (including phenoxy) is 1. The van der Waals surface area contributed by atoms with Gasteiger partial charge in [-0.05, 0) is 36.4 Å². The number of hydrogen-bond donors (Lipinski definition) is 1. The molecular formula is C18H19FN2O6S2. The summed E-state index contributed by atoms with van der Waals surface area (Å²) in [6, 6.07) is 10.7. The molecule has 29 heavy (non-hydrogen) atoms. The van der Waals surface area contributed by atoms with Gasteiger partial charge >= 0.3 is 0 Å². The molecule has 1 N–H and O–H groups in total. The molecule has 2 aromatic carbocycles. The number of nitrogens with zero attached hydrogens (tertiary/aromatic N) is 1. The Kier molecular flexibility index (Phi) is 5.92. The summed E-state index contributed by atoms with van der Waals surface area (Å²) in [4.78, 5) is 13.0. The number of sulfone groups is 1. The summed E-state index contributed by atoms with van der Waals surface area (Å²) >= 11 is 0. The van der Waals surface area contributed by atoms with Gasteiger partial charge in [-0.2, -0.15) is 0 Å². The van der Waals surface area contributed by atoms with Crippen molar-refractivity contribution in [2.45, 2.75) is 15.0 Å². The number of amides is 1. The van der Waals surface area contributed by atoms with Crippen molar-refractivity contribution in [3.8, 4) is 5.75 Å². The normalized spacial score (nSPS) is 15.0. The minimum Gasteiger partial charge on any atom is -0.497 e. The summed E-state index contributed by atoms with van der Waals surface area (Å²) in [7, 11) is -6.35. The number of benzene rings is 2. The van der Waals surface area contributed by atoms with Crippen molar-refractivity contribution in [1.82, 2.24) is 9.62 Å². The lowest BCUT2D eigenvalue weighted by atomic mass is 10.2. The van der Waals surface area contributed by atoms with Gasteiger partial charge in [-0.3, -0.25) is 4.79 Å². The molecule has 1 aliphatic rings. The first-order chi connectivity index (χ1) is 13.6. The van der Waals surface area contributed by atoms with Gasteiger partial charge in [0.05, 0.1) is 18.6 Å². The summed E-state index contributed by atoms with van der Waals surface area (Å²) in [6.07, 6.45) is 0. The highest BCUT2D eigenvalue weighted by atomic mass is 32.2. The Balaban J connectivity index is 1.58. The minimum atomic E-state index is -4.20. The summed E-state index contributed by atoms with van der Waals surface area (Å²) < 4.78 is 70.1. The molecule has 3 rings (SSSR count). The predicted octanol–water partition coefficient (Wildman–Crippen LogP) is 0.797. The first-order valence-corrected chi connectivity index (χ1v) is 11.6. The number of carbonyl (C=O) groups excluding carboxylic acids is 1. The highest BCUT2D eigenvalue weighted by Crippen LogP contribution is 2.25. The van der Waals surface area contributed by atoms with E-state index in [0.717, 1.165) is 12.1 Å². The molecule has 1 saturated heterocycles. The van der Waals surface area contributed by atoms with E-state index in [-0.39, 0.29) is 18.0 Å². The molecule has 0 radical (unpaired) electrons. The molecular weight excluding hydrogens is 423 g/mol. The highest BCUT2D eigenvalue weighted by Gasteiger charge is 2.40. The van der Waals surface area contributed by atoms with E-state index in [0.29, 0.717) is 5.75 Å². The van der Waals surface area contributed by atoms with Crippen LogP contribution in [0.4, 0.5) is 4.39 Å². The van der Waals surface area contributed by atoms with E-state index in [1.54, 1.807) is 0 Å². The molecule has 1 aliphatic heterocycles. The maximum atomic E-state index is 13.6. The Labute approximate surface area is 168 Å². The molecule has 0 bridgehead atoms. The number of rotatable bonds is 7. The van der Waals surface area contributed by atoms with Crippen molar-refractivity contribution in [3.63, 3.8) is 0 Å². The van der Waals surface area contributed by atoms with Crippen LogP contribution in [0.3, 0.4) is 0 Å². The molecule has 2 aromatic rings. The van der Waals surface area contributed by atoms with Crippen LogP contribution in [0.25, 0.3) is 0 Å². The van der Waals surface area contributed by atoms with E-state index in [1.165, 1.54) is 48.4 Å². The number of methoxy groups -OCH3 is 1. The Bertz CT molecular complexity index is 1110. The van der Waals surface area contributed by atoms with Gasteiger partial charge in [0.15, 0.2) is 9.84 Å². The first kappa shape index (κ1) is 21.2. The van der Waals surface area contributed by atoms with E-state index in [1.807, 2.05) is 4.72 Å². The summed E-state index contributed by atoms with van der Waals surface area (Å²) in [5.41, 5.74) is 0. The third-order valence-corrected chi connectivity index (χ3v) is 8.11. The van der Waals surface area contributed by atoms with Crippen molar-refractivity contribution in [3.05, 3.63) is 54.3 Å². The fraction of sp³-hybridized carbons (Fsp3) is 0.278. The average Bonchev–Trinajstić information content (AvgIpc) is 2.65. The largest absolute Gasteiger partial charge is 0.497 e. The average molecular weight is 442 g/mol. The van der Waals surface area contributed by atoms with Gasteiger partial charge in [-0.15, -0.1) is 0 Å². The van der Waals surface area contributed by atoms with Crippen LogP contribution in [0.2, 0.25) is 0 Å². The van der Waals surface area contributed by atoms with E-state index in [4.69, 9.17) is 4.74 Å². The smallest absolute Gasteiger partial charge is 0.243 e. The first-order valence-electron chi connectivity index (χ1n) is 8.55. The minimum absolute atomic E-state index is 0.0470. The second-order valence-electron chi connectivity index (χ2n) is 6.40. The van der Waals surface area contributed by atoms with Crippen LogP contribution in [0.1, 0.15) is 0 Å². The van der Waals surface area contributed by atoms with E-state index >= 15 is 0 Å². The zero-order valence-corrected chi connectivity index (χ0v) is 17.0. The van der Waals surface area contributed by atoms with Crippen molar-refractivity contribution >= 4 is 25.8 Å². The fourth-order valence-corrected chi connectivity index (χ4v) is 5.51. The molecule has 1 heterocycles. The Morgan fingerprint density at radius 2 is 1.72 bits per heavy atom. The molecule has 0 saturated carbocycles. The van der Waals surface area contributed by atoms with Crippen LogP contribution in [-0.4, -0.2) is 59.6 Å². The second-order valence-corrected chi connectivity index (χ2v) is 10.4. The van der Waals surface area contributed by atoms with Crippen LogP contribution < -0.4 is 9.46 Å². The quantitative estimate of drug-likeness (QED) is 0.679. The number of sulfonamides is 1. The maximum Gasteiger partial charge on any atom is 0.243 e. The number of likely N-dealkylation sites (tertiary alicyclic amines) is 1. The van der Waals surface area contributed by atoms with Crippen LogP contribution in [-0.2, 0) is 24.7 Å². The zero-order chi connectivity index (χ0) is 21.2. The van der Waals surface area contributed by atoms with E-state index < -0.39 is 48.3 Å². The number of nitrogens with one attached hydrogen (secondary N) is 1. The SMILES string of the molecule is COc1ccc(S(=O)(=O)C2CN(C(=O)CNS(=O)(=O)c3ccccc3F)C2)cc1. The van der Waals surface area contributed by atoms with Gasteiger partial charge in [0.2, 0.25) is 15.9 Å². The monoisotopic (exact) mass is 442 g/mol. The Hall–Kier alpha value is -2.50. The molecule has 11 heteroatoms. The Morgan fingerprint density at radius 1 is 1.10 bits per heavy atom. The molecule has 0 aliphatic carbocycles. The summed E-state index contributed by atoms with van der Waals surface area (Å²) in [5.74, 6) is -0.996. The van der Waals surface area contributed by atoms with E-state index in [9.17, 15) is 26.0 Å². The molecule has 0 aromatic heterocycles. The van der Waals surface area contributed by atoms with Crippen LogP contribution >= 0.6 is 0 Å². The number of carbonyl (C=O) groups is 1. The van der Waals surface area contributed by atoms with Gasteiger partial charge < -0.3 is 9.64 Å². The van der Waals surface area contributed by atoms with Crippen molar-refractivity contribution in [2.24, 2.45) is 0 Å². The molecule has 0 atom stereocenters. The summed E-state index contributed by atoms with van der Waals surface area (Å²) in [6.45, 7) is -0.685. The van der Waals surface area contributed by atoms with Gasteiger partial charge in [-0.1, -0.05) is 12.1 Å². The van der Waals surface area contributed by atoms with Crippen LogP contribution in [0.5, 0.6) is 5.75 Å². The van der Waals surface area contributed by atoms with Crippen LogP contribution in [0, 0.1) is 5.82 Å². The second kappa shape index (κ2) is 8.09. The lowest BCUT2D eigenvalue weighted by molar-refractivity contribution is -0.133. The highest BCUT2D eigenvalue weighted by molar-refractivity contribution is 7.92. The maximum absolute atomic E-state index is 13.6.